The molecule has 2 atom stereocenters. The van der Waals surface area contributed by atoms with Gasteiger partial charge >= 0.3 is 6.09 Å². The molecule has 2 aliphatic rings. The maximum Gasteiger partial charge on any atom is 0.410 e. The van der Waals surface area contributed by atoms with Gasteiger partial charge in [0.1, 0.15) is 17.2 Å². The molecule has 25 heavy (non-hydrogen) atoms. The van der Waals surface area contributed by atoms with Crippen LogP contribution in [-0.4, -0.2) is 61.4 Å². The third kappa shape index (κ3) is 3.81. The van der Waals surface area contributed by atoms with E-state index in [2.05, 4.69) is 22.1 Å². The van der Waals surface area contributed by atoms with Crippen molar-refractivity contribution in [2.45, 2.75) is 83.6 Å². The maximum absolute atomic E-state index is 12.6. The topological polar surface area (TPSA) is 63.5 Å². The van der Waals surface area contributed by atoms with E-state index in [1.165, 1.54) is 0 Å². The van der Waals surface area contributed by atoms with Crippen molar-refractivity contribution in [1.29, 1.82) is 0 Å². The Labute approximate surface area is 150 Å². The van der Waals surface area contributed by atoms with E-state index >= 15 is 0 Å². The predicted octanol–water partition coefficient (Wildman–Crippen LogP) is 2.49. The summed E-state index contributed by atoms with van der Waals surface area (Å²) >= 11 is 0. The Kier molecular flexibility index (Phi) is 4.79. The van der Waals surface area contributed by atoms with Gasteiger partial charge in [-0.05, 0) is 60.4 Å². The lowest BCUT2D eigenvalue weighted by atomic mass is 9.96. The van der Waals surface area contributed by atoms with Crippen LogP contribution in [0.5, 0.6) is 0 Å². The second kappa shape index (κ2) is 6.59. The number of nitrogens with zero attached hydrogens (tertiary/aromatic N) is 5. The Morgan fingerprint density at radius 3 is 2.32 bits per heavy atom. The van der Waals surface area contributed by atoms with Crippen LogP contribution in [0.1, 0.15) is 58.1 Å². The zero-order chi connectivity index (χ0) is 18.4. The summed E-state index contributed by atoms with van der Waals surface area (Å²) in [5, 5.41) is 8.42. The first-order chi connectivity index (χ1) is 11.7. The Balaban J connectivity index is 1.63. The normalized spacial score (nSPS) is 26.4. The van der Waals surface area contributed by atoms with E-state index in [0.717, 1.165) is 43.9 Å². The number of ether oxygens (including phenoxy) is 1. The molecule has 1 aromatic rings. The van der Waals surface area contributed by atoms with Crippen molar-refractivity contribution in [3.63, 3.8) is 0 Å². The standard InChI is InChI=1S/C18H31N5O2/c1-12-19-20-16(22(12)6)11-21(5)15-9-13-7-8-14(10-15)23(13)17(24)25-18(2,3)4/h13-15H,7-11H2,1-6H3. The molecule has 2 saturated heterocycles. The van der Waals surface area contributed by atoms with Crippen LogP contribution in [0.4, 0.5) is 4.79 Å². The first-order valence-corrected chi connectivity index (χ1v) is 9.22. The fourth-order valence-corrected chi connectivity index (χ4v) is 4.06. The van der Waals surface area contributed by atoms with Crippen LogP contribution in [0.25, 0.3) is 0 Å². The number of rotatable bonds is 3. The average Bonchev–Trinajstić information content (AvgIpc) is 2.96. The van der Waals surface area contributed by atoms with Gasteiger partial charge in [-0.1, -0.05) is 0 Å². The lowest BCUT2D eigenvalue weighted by molar-refractivity contribution is -0.00299. The molecule has 1 aromatic heterocycles. The van der Waals surface area contributed by atoms with Crippen molar-refractivity contribution < 1.29 is 9.53 Å². The number of carbonyl (C=O) groups is 1. The number of amides is 1. The van der Waals surface area contributed by atoms with E-state index in [-0.39, 0.29) is 6.09 Å². The second-order valence-corrected chi connectivity index (χ2v) is 8.54. The summed E-state index contributed by atoms with van der Waals surface area (Å²) in [7, 11) is 4.16. The predicted molar refractivity (Wildman–Crippen MR) is 95.1 cm³/mol. The van der Waals surface area contributed by atoms with E-state index in [1.54, 1.807) is 0 Å². The smallest absolute Gasteiger partial charge is 0.410 e. The summed E-state index contributed by atoms with van der Waals surface area (Å²) in [4.78, 5) is 16.9. The summed E-state index contributed by atoms with van der Waals surface area (Å²) in [6.45, 7) is 8.53. The summed E-state index contributed by atoms with van der Waals surface area (Å²) in [5.74, 6) is 1.92. The van der Waals surface area contributed by atoms with Crippen molar-refractivity contribution in [3.8, 4) is 0 Å². The third-order valence-electron chi connectivity index (χ3n) is 5.51. The number of piperidine rings is 1. The second-order valence-electron chi connectivity index (χ2n) is 8.54. The van der Waals surface area contributed by atoms with Gasteiger partial charge in [-0.2, -0.15) is 0 Å². The highest BCUT2D eigenvalue weighted by Crippen LogP contribution is 2.38. The minimum Gasteiger partial charge on any atom is -0.444 e. The number of aryl methyl sites for hydroxylation is 1. The summed E-state index contributed by atoms with van der Waals surface area (Å²) in [6.07, 6.45) is 4.02. The van der Waals surface area contributed by atoms with Crippen LogP contribution in [-0.2, 0) is 18.3 Å². The molecule has 0 N–H and O–H groups in total. The van der Waals surface area contributed by atoms with Gasteiger partial charge in [0.2, 0.25) is 0 Å². The molecule has 2 aliphatic heterocycles. The summed E-state index contributed by atoms with van der Waals surface area (Å²) in [5.41, 5.74) is -0.437. The molecule has 0 aliphatic carbocycles. The van der Waals surface area contributed by atoms with Gasteiger partial charge < -0.3 is 14.2 Å². The van der Waals surface area contributed by atoms with Crippen molar-refractivity contribution in [3.05, 3.63) is 11.6 Å². The zero-order valence-electron chi connectivity index (χ0n) is 16.3. The van der Waals surface area contributed by atoms with Gasteiger partial charge in [-0.3, -0.25) is 4.90 Å². The maximum atomic E-state index is 12.6. The molecular formula is C18H31N5O2. The number of aromatic nitrogens is 3. The quantitative estimate of drug-likeness (QED) is 0.839. The highest BCUT2D eigenvalue weighted by Gasteiger charge is 2.45. The molecule has 2 fully saturated rings. The monoisotopic (exact) mass is 349 g/mol. The van der Waals surface area contributed by atoms with Gasteiger partial charge in [-0.15, -0.1) is 10.2 Å². The van der Waals surface area contributed by atoms with Crippen LogP contribution in [0.15, 0.2) is 0 Å². The van der Waals surface area contributed by atoms with E-state index < -0.39 is 5.60 Å². The molecular weight excluding hydrogens is 318 g/mol. The SMILES string of the molecule is Cc1nnc(CN(C)C2CC3CCC(C2)N3C(=O)OC(C)(C)C)n1C. The first-order valence-electron chi connectivity index (χ1n) is 9.22. The minimum absolute atomic E-state index is 0.148. The van der Waals surface area contributed by atoms with E-state index in [9.17, 15) is 4.79 Å². The van der Waals surface area contributed by atoms with Gasteiger partial charge in [0.05, 0.1) is 6.54 Å². The van der Waals surface area contributed by atoms with E-state index in [1.807, 2.05) is 44.2 Å². The highest BCUT2D eigenvalue weighted by molar-refractivity contribution is 5.69. The fraction of sp³-hybridized carbons (Fsp3) is 0.833. The molecule has 140 valence electrons. The third-order valence-corrected chi connectivity index (χ3v) is 5.51. The number of carbonyl (C=O) groups excluding carboxylic acids is 1. The van der Waals surface area contributed by atoms with Crippen molar-refractivity contribution in [2.75, 3.05) is 7.05 Å². The van der Waals surface area contributed by atoms with Gasteiger partial charge in [0, 0.05) is 25.2 Å². The van der Waals surface area contributed by atoms with Crippen LogP contribution >= 0.6 is 0 Å². The molecule has 0 radical (unpaired) electrons. The summed E-state index contributed by atoms with van der Waals surface area (Å²) in [6, 6.07) is 1.05. The number of fused-ring (bicyclic) bond motifs is 2. The Bertz CT molecular complexity index is 622. The van der Waals surface area contributed by atoms with Crippen LogP contribution in [0.3, 0.4) is 0 Å². The number of hydrogen-bond donors (Lipinski definition) is 0. The molecule has 0 aromatic carbocycles. The van der Waals surface area contributed by atoms with E-state index in [0.29, 0.717) is 18.1 Å². The van der Waals surface area contributed by atoms with Gasteiger partial charge in [0.25, 0.3) is 0 Å². The largest absolute Gasteiger partial charge is 0.444 e. The molecule has 1 amide bonds. The average molecular weight is 349 g/mol. The van der Waals surface area contributed by atoms with Crippen molar-refractivity contribution in [2.24, 2.45) is 7.05 Å². The fourth-order valence-electron chi connectivity index (χ4n) is 4.06. The molecule has 3 rings (SSSR count). The summed E-state index contributed by atoms with van der Waals surface area (Å²) < 4.78 is 7.66. The Hall–Kier alpha value is -1.63. The number of hydrogen-bond acceptors (Lipinski definition) is 5. The molecule has 2 bridgehead atoms. The first kappa shape index (κ1) is 18.2. The lowest BCUT2D eigenvalue weighted by Crippen LogP contribution is -2.52. The van der Waals surface area contributed by atoms with Crippen LogP contribution in [0, 0.1) is 6.92 Å². The molecule has 3 heterocycles. The van der Waals surface area contributed by atoms with Crippen LogP contribution < -0.4 is 0 Å². The van der Waals surface area contributed by atoms with Gasteiger partial charge in [0.15, 0.2) is 0 Å². The van der Waals surface area contributed by atoms with Crippen molar-refractivity contribution in [1.82, 2.24) is 24.6 Å². The lowest BCUT2D eigenvalue weighted by Gasteiger charge is -2.42. The van der Waals surface area contributed by atoms with E-state index in [4.69, 9.17) is 4.74 Å². The van der Waals surface area contributed by atoms with Gasteiger partial charge in [-0.25, -0.2) is 4.79 Å². The molecule has 7 heteroatoms. The zero-order valence-corrected chi connectivity index (χ0v) is 16.3. The van der Waals surface area contributed by atoms with Crippen molar-refractivity contribution >= 4 is 6.09 Å². The molecule has 2 unspecified atom stereocenters. The minimum atomic E-state index is -0.437. The Morgan fingerprint density at radius 1 is 1.24 bits per heavy atom. The molecule has 7 nitrogen and oxygen atoms in total. The molecule has 0 saturated carbocycles. The van der Waals surface area contributed by atoms with Crippen LogP contribution in [0.2, 0.25) is 0 Å². The molecule has 0 spiro atoms. The Morgan fingerprint density at radius 2 is 1.84 bits per heavy atom. The highest BCUT2D eigenvalue weighted by atomic mass is 16.6.